The van der Waals surface area contributed by atoms with Gasteiger partial charge in [-0.1, -0.05) is 11.6 Å². The quantitative estimate of drug-likeness (QED) is 0.793. The predicted molar refractivity (Wildman–Crippen MR) is 79.1 cm³/mol. The topological polar surface area (TPSA) is 61.8 Å². The Labute approximate surface area is 124 Å². The van der Waals surface area contributed by atoms with Crippen molar-refractivity contribution >= 4 is 17.5 Å². The SMILES string of the molecule is CC(NCC(O)COc1ccc(Cl)cc1)C(=O)N(C)C. The number of aliphatic hydroxyl groups excluding tert-OH is 1. The Morgan fingerprint density at radius 1 is 1.40 bits per heavy atom. The molecule has 0 aliphatic carbocycles. The van der Waals surface area contributed by atoms with Crippen LogP contribution in [0.25, 0.3) is 0 Å². The smallest absolute Gasteiger partial charge is 0.238 e. The standard InChI is InChI=1S/C14H21ClN2O3/c1-10(14(19)17(2)3)16-8-12(18)9-20-13-6-4-11(15)5-7-13/h4-7,10,12,16,18H,8-9H2,1-3H3. The number of rotatable bonds is 7. The molecule has 6 heteroatoms. The van der Waals surface area contributed by atoms with Crippen LogP contribution in [0.2, 0.25) is 5.02 Å². The third-order valence-electron chi connectivity index (χ3n) is 2.73. The summed E-state index contributed by atoms with van der Waals surface area (Å²) in [5.41, 5.74) is 0. The van der Waals surface area contributed by atoms with Crippen LogP contribution in [-0.2, 0) is 4.79 Å². The minimum atomic E-state index is -0.692. The number of carbonyl (C=O) groups excluding carboxylic acids is 1. The molecule has 0 aromatic heterocycles. The number of nitrogens with one attached hydrogen (secondary N) is 1. The molecule has 0 spiro atoms. The van der Waals surface area contributed by atoms with Crippen molar-refractivity contribution in [1.29, 1.82) is 0 Å². The summed E-state index contributed by atoms with van der Waals surface area (Å²) in [7, 11) is 3.39. The molecule has 0 bridgehead atoms. The van der Waals surface area contributed by atoms with Crippen LogP contribution >= 0.6 is 11.6 Å². The van der Waals surface area contributed by atoms with E-state index in [2.05, 4.69) is 5.32 Å². The highest BCUT2D eigenvalue weighted by Crippen LogP contribution is 2.15. The lowest BCUT2D eigenvalue weighted by Crippen LogP contribution is -2.45. The zero-order chi connectivity index (χ0) is 15.1. The fourth-order valence-electron chi connectivity index (χ4n) is 1.57. The van der Waals surface area contributed by atoms with Gasteiger partial charge in [-0.25, -0.2) is 0 Å². The van der Waals surface area contributed by atoms with Crippen molar-refractivity contribution in [3.63, 3.8) is 0 Å². The molecule has 0 heterocycles. The second-order valence-electron chi connectivity index (χ2n) is 4.78. The first-order valence-electron chi connectivity index (χ1n) is 6.41. The largest absolute Gasteiger partial charge is 0.491 e. The first-order chi connectivity index (χ1) is 9.40. The fraction of sp³-hybridized carbons (Fsp3) is 0.500. The number of carbonyl (C=O) groups is 1. The summed E-state index contributed by atoms with van der Waals surface area (Å²) < 4.78 is 5.42. The molecular formula is C14H21ClN2O3. The Balaban J connectivity index is 2.28. The van der Waals surface area contributed by atoms with E-state index in [9.17, 15) is 9.90 Å². The van der Waals surface area contributed by atoms with Crippen molar-refractivity contribution < 1.29 is 14.6 Å². The van der Waals surface area contributed by atoms with Crippen LogP contribution in [0.5, 0.6) is 5.75 Å². The molecule has 0 fully saturated rings. The van der Waals surface area contributed by atoms with E-state index in [1.54, 1.807) is 45.3 Å². The summed E-state index contributed by atoms with van der Waals surface area (Å²) in [6.07, 6.45) is -0.692. The van der Waals surface area contributed by atoms with E-state index in [-0.39, 0.29) is 25.1 Å². The van der Waals surface area contributed by atoms with Crippen molar-refractivity contribution in [2.75, 3.05) is 27.2 Å². The fourth-order valence-corrected chi connectivity index (χ4v) is 1.70. The first-order valence-corrected chi connectivity index (χ1v) is 6.79. The zero-order valence-corrected chi connectivity index (χ0v) is 12.7. The normalized spacial score (nSPS) is 13.7. The maximum Gasteiger partial charge on any atom is 0.238 e. The van der Waals surface area contributed by atoms with Gasteiger partial charge in [0.15, 0.2) is 0 Å². The number of nitrogens with zero attached hydrogens (tertiary/aromatic N) is 1. The van der Waals surface area contributed by atoms with E-state index in [1.807, 2.05) is 0 Å². The number of ether oxygens (including phenoxy) is 1. The molecule has 2 atom stereocenters. The molecule has 0 aliphatic heterocycles. The highest BCUT2D eigenvalue weighted by Gasteiger charge is 2.15. The molecule has 20 heavy (non-hydrogen) atoms. The molecular weight excluding hydrogens is 280 g/mol. The summed E-state index contributed by atoms with van der Waals surface area (Å²) in [6.45, 7) is 2.20. The lowest BCUT2D eigenvalue weighted by molar-refractivity contribution is -0.130. The summed E-state index contributed by atoms with van der Waals surface area (Å²) >= 11 is 5.76. The number of benzene rings is 1. The number of amides is 1. The van der Waals surface area contributed by atoms with Gasteiger partial charge in [-0.15, -0.1) is 0 Å². The van der Waals surface area contributed by atoms with Crippen LogP contribution in [0.3, 0.4) is 0 Å². The van der Waals surface area contributed by atoms with Crippen molar-refractivity contribution in [1.82, 2.24) is 10.2 Å². The molecule has 1 rings (SSSR count). The highest BCUT2D eigenvalue weighted by molar-refractivity contribution is 6.30. The number of hydrogen-bond donors (Lipinski definition) is 2. The molecule has 1 amide bonds. The Kier molecular flexibility index (Phi) is 6.78. The van der Waals surface area contributed by atoms with Crippen LogP contribution in [-0.4, -0.2) is 55.3 Å². The third-order valence-corrected chi connectivity index (χ3v) is 2.98. The van der Waals surface area contributed by atoms with E-state index in [0.29, 0.717) is 10.8 Å². The molecule has 2 unspecified atom stereocenters. The second-order valence-corrected chi connectivity index (χ2v) is 5.22. The summed E-state index contributed by atoms with van der Waals surface area (Å²) in [5.74, 6) is 0.613. The van der Waals surface area contributed by atoms with E-state index in [1.165, 1.54) is 4.90 Å². The average Bonchev–Trinajstić information content (AvgIpc) is 2.43. The van der Waals surface area contributed by atoms with E-state index >= 15 is 0 Å². The van der Waals surface area contributed by atoms with Crippen molar-refractivity contribution in [3.8, 4) is 5.75 Å². The third kappa shape index (κ3) is 5.77. The number of hydrogen-bond acceptors (Lipinski definition) is 4. The van der Waals surface area contributed by atoms with Crippen LogP contribution in [0.1, 0.15) is 6.92 Å². The monoisotopic (exact) mass is 300 g/mol. The van der Waals surface area contributed by atoms with E-state index in [4.69, 9.17) is 16.3 Å². The Hall–Kier alpha value is -1.30. The summed E-state index contributed by atoms with van der Waals surface area (Å²) in [5, 5.41) is 13.4. The summed E-state index contributed by atoms with van der Waals surface area (Å²) in [6, 6.07) is 6.58. The van der Waals surface area contributed by atoms with Gasteiger partial charge < -0.3 is 20.1 Å². The predicted octanol–water partition coefficient (Wildman–Crippen LogP) is 1.15. The van der Waals surface area contributed by atoms with Gasteiger partial charge in [0.25, 0.3) is 0 Å². The lowest BCUT2D eigenvalue weighted by Gasteiger charge is -2.20. The van der Waals surface area contributed by atoms with Crippen molar-refractivity contribution in [2.45, 2.75) is 19.1 Å². The molecule has 5 nitrogen and oxygen atoms in total. The first kappa shape index (κ1) is 16.8. The van der Waals surface area contributed by atoms with Gasteiger partial charge in [-0.3, -0.25) is 4.79 Å². The van der Waals surface area contributed by atoms with Crippen molar-refractivity contribution in [3.05, 3.63) is 29.3 Å². The highest BCUT2D eigenvalue weighted by atomic mass is 35.5. The van der Waals surface area contributed by atoms with Gasteiger partial charge in [0.1, 0.15) is 18.5 Å². The Bertz CT molecular complexity index is 423. The van der Waals surface area contributed by atoms with Crippen LogP contribution < -0.4 is 10.1 Å². The van der Waals surface area contributed by atoms with Crippen molar-refractivity contribution in [2.24, 2.45) is 0 Å². The van der Waals surface area contributed by atoms with Gasteiger partial charge >= 0.3 is 0 Å². The minimum Gasteiger partial charge on any atom is -0.491 e. The van der Waals surface area contributed by atoms with Crippen LogP contribution in [0.15, 0.2) is 24.3 Å². The maximum atomic E-state index is 11.6. The molecule has 0 saturated carbocycles. The maximum absolute atomic E-state index is 11.6. The van der Waals surface area contributed by atoms with Crippen LogP contribution in [0.4, 0.5) is 0 Å². The zero-order valence-electron chi connectivity index (χ0n) is 12.0. The number of likely N-dealkylation sites (N-methyl/N-ethyl adjacent to an activating group) is 1. The molecule has 1 aromatic carbocycles. The molecule has 1 aromatic rings. The van der Waals surface area contributed by atoms with Gasteiger partial charge in [-0.2, -0.15) is 0 Å². The Morgan fingerprint density at radius 3 is 2.55 bits per heavy atom. The second kappa shape index (κ2) is 8.09. The molecule has 112 valence electrons. The number of aliphatic hydroxyl groups is 1. The molecule has 0 aliphatic rings. The van der Waals surface area contributed by atoms with Gasteiger partial charge in [0.2, 0.25) is 5.91 Å². The molecule has 0 saturated heterocycles. The number of halogens is 1. The Morgan fingerprint density at radius 2 is 2.00 bits per heavy atom. The van der Waals surface area contributed by atoms with E-state index in [0.717, 1.165) is 0 Å². The molecule has 0 radical (unpaired) electrons. The molecule has 2 N–H and O–H groups in total. The van der Waals surface area contributed by atoms with Gasteiger partial charge in [0.05, 0.1) is 6.04 Å². The van der Waals surface area contributed by atoms with Gasteiger partial charge in [-0.05, 0) is 31.2 Å². The summed E-state index contributed by atoms with van der Waals surface area (Å²) in [4.78, 5) is 13.1. The lowest BCUT2D eigenvalue weighted by atomic mass is 10.2. The van der Waals surface area contributed by atoms with Crippen LogP contribution in [0, 0.1) is 0 Å². The van der Waals surface area contributed by atoms with Gasteiger partial charge in [0, 0.05) is 25.7 Å². The average molecular weight is 301 g/mol. The van der Waals surface area contributed by atoms with E-state index < -0.39 is 6.10 Å². The minimum absolute atomic E-state index is 0.0316.